The van der Waals surface area contributed by atoms with Crippen LogP contribution in [0.5, 0.6) is 0 Å². The van der Waals surface area contributed by atoms with Crippen molar-refractivity contribution in [2.24, 2.45) is 17.3 Å². The summed E-state index contributed by atoms with van der Waals surface area (Å²) in [7, 11) is 0. The largest absolute Gasteiger partial charge is 0.343 e. The van der Waals surface area contributed by atoms with Crippen LogP contribution in [-0.4, -0.2) is 47.9 Å². The van der Waals surface area contributed by atoms with E-state index in [1.165, 1.54) is 38.6 Å². The first kappa shape index (κ1) is 18.8. The fourth-order valence-corrected chi connectivity index (χ4v) is 4.64. The first-order chi connectivity index (χ1) is 10.9. The Morgan fingerprint density at radius 3 is 2.17 bits per heavy atom. The lowest BCUT2D eigenvalue weighted by Crippen LogP contribution is -2.49. The number of hydrogen-bond acceptors (Lipinski definition) is 2. The van der Waals surface area contributed by atoms with Crippen molar-refractivity contribution in [1.29, 1.82) is 0 Å². The van der Waals surface area contributed by atoms with E-state index in [1.54, 1.807) is 0 Å². The van der Waals surface area contributed by atoms with Gasteiger partial charge < -0.3 is 4.90 Å². The van der Waals surface area contributed by atoms with Gasteiger partial charge in [0.1, 0.15) is 0 Å². The lowest BCUT2D eigenvalue weighted by atomic mass is 9.71. The Kier molecular flexibility index (Phi) is 6.53. The summed E-state index contributed by atoms with van der Waals surface area (Å²) < 4.78 is 0. The zero-order chi connectivity index (χ0) is 17.0. The molecule has 0 bridgehead atoms. The van der Waals surface area contributed by atoms with Gasteiger partial charge in [-0.1, -0.05) is 20.8 Å². The molecule has 0 N–H and O–H groups in total. The van der Waals surface area contributed by atoms with E-state index in [1.807, 2.05) is 4.90 Å². The zero-order valence-electron chi connectivity index (χ0n) is 16.1. The van der Waals surface area contributed by atoms with Crippen molar-refractivity contribution in [1.82, 2.24) is 9.80 Å². The van der Waals surface area contributed by atoms with Crippen molar-refractivity contribution in [2.45, 2.75) is 79.2 Å². The molecule has 0 spiro atoms. The van der Waals surface area contributed by atoms with Crippen LogP contribution in [0.25, 0.3) is 0 Å². The van der Waals surface area contributed by atoms with Gasteiger partial charge in [-0.25, -0.2) is 0 Å². The molecule has 1 aliphatic heterocycles. The van der Waals surface area contributed by atoms with Crippen molar-refractivity contribution in [2.75, 3.05) is 26.2 Å². The van der Waals surface area contributed by atoms with Gasteiger partial charge in [0.2, 0.25) is 5.91 Å². The fraction of sp³-hybridized carbons (Fsp3) is 0.950. The van der Waals surface area contributed by atoms with E-state index in [4.69, 9.17) is 0 Å². The van der Waals surface area contributed by atoms with Crippen LogP contribution in [0.3, 0.4) is 0 Å². The Bertz CT molecular complexity index is 376. The quantitative estimate of drug-likeness (QED) is 0.775. The molecule has 0 radical (unpaired) electrons. The molecule has 1 unspecified atom stereocenters. The third-order valence-electron chi connectivity index (χ3n) is 6.32. The Morgan fingerprint density at radius 2 is 1.65 bits per heavy atom. The summed E-state index contributed by atoms with van der Waals surface area (Å²) in [5, 5.41) is 0. The minimum absolute atomic E-state index is 0.240. The molecule has 2 aliphatic rings. The molecule has 0 aromatic carbocycles. The molecule has 3 nitrogen and oxygen atoms in total. The normalized spacial score (nSPS) is 30.2. The van der Waals surface area contributed by atoms with Crippen LogP contribution in [0.4, 0.5) is 0 Å². The van der Waals surface area contributed by atoms with Crippen molar-refractivity contribution in [3.05, 3.63) is 0 Å². The lowest BCUT2D eigenvalue weighted by molar-refractivity contribution is -0.137. The van der Waals surface area contributed by atoms with Crippen molar-refractivity contribution >= 4 is 5.91 Å². The number of hydrogen-bond donors (Lipinski definition) is 0. The molecule has 1 saturated heterocycles. The molecule has 0 aromatic heterocycles. The molecule has 3 heteroatoms. The Morgan fingerprint density at radius 1 is 1.04 bits per heavy atom. The molecular formula is C20H38N2O. The van der Waals surface area contributed by atoms with Gasteiger partial charge in [-0.05, 0) is 70.3 Å². The minimum atomic E-state index is 0.240. The molecule has 0 aromatic rings. The van der Waals surface area contributed by atoms with Crippen molar-refractivity contribution in [3.8, 4) is 0 Å². The SMILES string of the molecule is CCN(CC)C(=O)C1CCCN(C2CCC(C(C)(C)C)CC2)C1. The first-order valence-electron chi connectivity index (χ1n) is 9.89. The smallest absolute Gasteiger partial charge is 0.226 e. The van der Waals surface area contributed by atoms with Gasteiger partial charge in [-0.15, -0.1) is 0 Å². The van der Waals surface area contributed by atoms with Crippen LogP contribution in [0, 0.1) is 17.3 Å². The minimum Gasteiger partial charge on any atom is -0.343 e. The highest BCUT2D eigenvalue weighted by Gasteiger charge is 2.35. The van der Waals surface area contributed by atoms with Gasteiger partial charge in [0, 0.05) is 25.7 Å². The maximum absolute atomic E-state index is 12.7. The van der Waals surface area contributed by atoms with Crippen LogP contribution >= 0.6 is 0 Å². The van der Waals surface area contributed by atoms with Crippen LogP contribution in [0.15, 0.2) is 0 Å². The highest BCUT2D eigenvalue weighted by atomic mass is 16.2. The van der Waals surface area contributed by atoms with Gasteiger partial charge >= 0.3 is 0 Å². The van der Waals surface area contributed by atoms with E-state index >= 15 is 0 Å². The number of carbonyl (C=O) groups excluding carboxylic acids is 1. The number of rotatable bonds is 4. The second-order valence-corrected chi connectivity index (χ2v) is 8.72. The first-order valence-corrected chi connectivity index (χ1v) is 9.89. The topological polar surface area (TPSA) is 23.6 Å². The highest BCUT2D eigenvalue weighted by molar-refractivity contribution is 5.79. The molecule has 1 atom stereocenters. The number of likely N-dealkylation sites (tertiary alicyclic amines) is 1. The summed E-state index contributed by atoms with van der Waals surface area (Å²) in [5.74, 6) is 1.50. The van der Waals surface area contributed by atoms with Gasteiger partial charge in [0.05, 0.1) is 5.92 Å². The van der Waals surface area contributed by atoms with Gasteiger partial charge in [-0.2, -0.15) is 0 Å². The maximum atomic E-state index is 12.7. The Labute approximate surface area is 143 Å². The van der Waals surface area contributed by atoms with E-state index < -0.39 is 0 Å². The third-order valence-corrected chi connectivity index (χ3v) is 6.32. The second-order valence-electron chi connectivity index (χ2n) is 8.72. The monoisotopic (exact) mass is 322 g/mol. The van der Waals surface area contributed by atoms with E-state index in [-0.39, 0.29) is 5.92 Å². The number of carbonyl (C=O) groups is 1. The van der Waals surface area contributed by atoms with Crippen LogP contribution in [0.1, 0.15) is 73.1 Å². The molecule has 1 heterocycles. The number of nitrogens with zero attached hydrogens (tertiary/aromatic N) is 2. The van der Waals surface area contributed by atoms with Crippen molar-refractivity contribution < 1.29 is 4.79 Å². The number of amides is 1. The predicted molar refractivity (Wildman–Crippen MR) is 97.4 cm³/mol. The summed E-state index contributed by atoms with van der Waals surface area (Å²) in [6.45, 7) is 15.2. The van der Waals surface area contributed by atoms with Crippen LogP contribution in [0.2, 0.25) is 0 Å². The highest BCUT2D eigenvalue weighted by Crippen LogP contribution is 2.39. The van der Waals surface area contributed by atoms with E-state index in [2.05, 4.69) is 39.5 Å². The maximum Gasteiger partial charge on any atom is 0.226 e. The summed E-state index contributed by atoms with van der Waals surface area (Å²) in [6.07, 6.45) is 7.65. The summed E-state index contributed by atoms with van der Waals surface area (Å²) in [4.78, 5) is 17.3. The zero-order valence-corrected chi connectivity index (χ0v) is 16.1. The Hall–Kier alpha value is -0.570. The Balaban J connectivity index is 1.88. The van der Waals surface area contributed by atoms with E-state index in [9.17, 15) is 4.79 Å². The molecule has 23 heavy (non-hydrogen) atoms. The second kappa shape index (κ2) is 8.00. The fourth-order valence-electron chi connectivity index (χ4n) is 4.64. The average Bonchev–Trinajstić information content (AvgIpc) is 2.55. The lowest BCUT2D eigenvalue weighted by Gasteiger charge is -2.44. The van der Waals surface area contributed by atoms with Crippen LogP contribution in [-0.2, 0) is 4.79 Å². The molecule has 1 amide bonds. The van der Waals surface area contributed by atoms with Gasteiger partial charge in [0.25, 0.3) is 0 Å². The van der Waals surface area contributed by atoms with E-state index in [0.717, 1.165) is 38.0 Å². The number of piperidine rings is 1. The third kappa shape index (κ3) is 4.71. The molecule has 2 fully saturated rings. The average molecular weight is 323 g/mol. The standard InChI is InChI=1S/C20H38N2O/c1-6-21(7-2)19(23)16-9-8-14-22(15-16)18-12-10-17(11-13-18)20(3,4)5/h16-18H,6-15H2,1-5H3. The molecule has 1 saturated carbocycles. The molecule has 2 rings (SSSR count). The summed E-state index contributed by atoms with van der Waals surface area (Å²) in [5.41, 5.74) is 0.453. The van der Waals surface area contributed by atoms with Crippen molar-refractivity contribution in [3.63, 3.8) is 0 Å². The van der Waals surface area contributed by atoms with Gasteiger partial charge in [-0.3, -0.25) is 9.69 Å². The summed E-state index contributed by atoms with van der Waals surface area (Å²) in [6, 6.07) is 0.723. The molecule has 134 valence electrons. The summed E-state index contributed by atoms with van der Waals surface area (Å²) >= 11 is 0. The van der Waals surface area contributed by atoms with Gasteiger partial charge in [0.15, 0.2) is 0 Å². The molecular weight excluding hydrogens is 284 g/mol. The molecule has 1 aliphatic carbocycles. The van der Waals surface area contributed by atoms with E-state index in [0.29, 0.717) is 11.3 Å². The van der Waals surface area contributed by atoms with Crippen LogP contribution < -0.4 is 0 Å². The predicted octanol–water partition coefficient (Wildman–Crippen LogP) is 4.17.